The van der Waals surface area contributed by atoms with E-state index in [1.807, 2.05) is 19.0 Å². The second-order valence-electron chi connectivity index (χ2n) is 7.88. The Morgan fingerprint density at radius 2 is 1.20 bits per heavy atom. The van der Waals surface area contributed by atoms with E-state index in [1.54, 1.807) is 0 Å². The maximum absolute atomic E-state index is 11.6. The molecule has 25 heavy (non-hydrogen) atoms. The van der Waals surface area contributed by atoms with Gasteiger partial charge in [0.2, 0.25) is 0 Å². The second-order valence-corrected chi connectivity index (χ2v) is 7.88. The molecule has 0 heterocycles. The zero-order valence-corrected chi connectivity index (χ0v) is 17.0. The van der Waals surface area contributed by atoms with Gasteiger partial charge in [0.05, 0.1) is 21.1 Å². The van der Waals surface area contributed by atoms with Gasteiger partial charge in [-0.25, -0.2) is 0 Å². The predicted octanol–water partition coefficient (Wildman–Crippen LogP) is 2.46. The number of ether oxygens (including phenoxy) is 2. The summed E-state index contributed by atoms with van der Waals surface area (Å²) in [7, 11) is 10.2. The quantitative estimate of drug-likeness (QED) is 0.255. The van der Waals surface area contributed by atoms with Crippen molar-refractivity contribution in [3.8, 4) is 0 Å². The Balaban J connectivity index is 3.35. The van der Waals surface area contributed by atoms with Crippen LogP contribution in [0.15, 0.2) is 0 Å². The summed E-state index contributed by atoms with van der Waals surface area (Å²) in [6.07, 6.45) is 7.06. The molecule has 0 aliphatic heterocycles. The monoisotopic (exact) mass is 359 g/mol. The van der Waals surface area contributed by atoms with Crippen LogP contribution in [-0.2, 0) is 19.1 Å². The number of hydrogen-bond donors (Lipinski definition) is 0. The molecule has 0 N–H and O–H groups in total. The van der Waals surface area contributed by atoms with Crippen LogP contribution in [0.2, 0.25) is 0 Å². The van der Waals surface area contributed by atoms with Crippen LogP contribution < -0.4 is 0 Å². The van der Waals surface area contributed by atoms with Crippen LogP contribution in [0.1, 0.15) is 51.4 Å². The molecule has 0 aliphatic rings. The highest BCUT2D eigenvalue weighted by atomic mass is 16.5. The van der Waals surface area contributed by atoms with E-state index in [2.05, 4.69) is 21.1 Å². The molecule has 0 radical (unpaired) electrons. The van der Waals surface area contributed by atoms with Crippen molar-refractivity contribution in [2.24, 2.45) is 0 Å². The Kier molecular flexibility index (Phi) is 13.4. The highest BCUT2D eigenvalue weighted by Gasteiger charge is 2.09. The third-order valence-corrected chi connectivity index (χ3v) is 3.84. The van der Waals surface area contributed by atoms with Gasteiger partial charge in [0, 0.05) is 19.4 Å². The van der Waals surface area contributed by atoms with Crippen molar-refractivity contribution in [1.82, 2.24) is 4.90 Å². The summed E-state index contributed by atoms with van der Waals surface area (Å²) >= 11 is 0. The van der Waals surface area contributed by atoms with Crippen molar-refractivity contribution in [2.75, 3.05) is 61.5 Å². The van der Waals surface area contributed by atoms with Gasteiger partial charge in [-0.05, 0) is 26.9 Å². The Morgan fingerprint density at radius 3 is 1.64 bits per heavy atom. The number of quaternary nitrogens is 1. The van der Waals surface area contributed by atoms with Crippen molar-refractivity contribution in [3.05, 3.63) is 0 Å². The zero-order valence-electron chi connectivity index (χ0n) is 17.0. The molecule has 0 atom stereocenters. The van der Waals surface area contributed by atoms with Crippen molar-refractivity contribution < 1.29 is 23.5 Å². The topological polar surface area (TPSA) is 55.8 Å². The molecule has 0 fully saturated rings. The van der Waals surface area contributed by atoms with Crippen LogP contribution in [0.5, 0.6) is 0 Å². The molecule has 0 spiro atoms. The summed E-state index contributed by atoms with van der Waals surface area (Å²) in [5.41, 5.74) is 0. The lowest BCUT2D eigenvalue weighted by atomic mass is 10.1. The van der Waals surface area contributed by atoms with E-state index in [0.717, 1.165) is 56.1 Å². The molecular weight excluding hydrogens is 320 g/mol. The van der Waals surface area contributed by atoms with Crippen molar-refractivity contribution in [1.29, 1.82) is 0 Å². The van der Waals surface area contributed by atoms with Crippen LogP contribution in [0.3, 0.4) is 0 Å². The first-order chi connectivity index (χ1) is 11.7. The van der Waals surface area contributed by atoms with Gasteiger partial charge < -0.3 is 18.9 Å². The minimum atomic E-state index is -0.0986. The number of carbonyl (C=O) groups excluding carboxylic acids is 2. The number of likely N-dealkylation sites (N-methyl/N-ethyl adjacent to an activating group) is 2. The summed E-state index contributed by atoms with van der Waals surface area (Å²) in [5, 5.41) is 0. The molecule has 0 aromatic heterocycles. The molecule has 148 valence electrons. The Hall–Kier alpha value is -1.14. The molecule has 0 aromatic carbocycles. The Bertz CT molecular complexity index is 365. The molecule has 0 aliphatic carbocycles. The minimum absolute atomic E-state index is 0.0890. The third kappa shape index (κ3) is 19.0. The molecule has 0 bridgehead atoms. The van der Waals surface area contributed by atoms with E-state index in [9.17, 15) is 9.59 Å². The predicted molar refractivity (Wildman–Crippen MR) is 100 cm³/mol. The maximum atomic E-state index is 11.6. The van der Waals surface area contributed by atoms with Gasteiger partial charge in [0.15, 0.2) is 0 Å². The van der Waals surface area contributed by atoms with Crippen LogP contribution in [0.25, 0.3) is 0 Å². The first-order valence-corrected chi connectivity index (χ1v) is 9.47. The fourth-order valence-electron chi connectivity index (χ4n) is 2.17. The first kappa shape index (κ1) is 23.9. The summed E-state index contributed by atoms with van der Waals surface area (Å²) in [5.74, 6) is -0.188. The Morgan fingerprint density at radius 1 is 0.760 bits per heavy atom. The average Bonchev–Trinajstić information content (AvgIpc) is 2.48. The van der Waals surface area contributed by atoms with Gasteiger partial charge in [-0.1, -0.05) is 25.7 Å². The third-order valence-electron chi connectivity index (χ3n) is 3.84. The maximum Gasteiger partial charge on any atom is 0.305 e. The van der Waals surface area contributed by atoms with Gasteiger partial charge in [-0.2, -0.15) is 0 Å². The first-order valence-electron chi connectivity index (χ1n) is 9.47. The lowest BCUT2D eigenvalue weighted by Crippen LogP contribution is -2.37. The van der Waals surface area contributed by atoms with E-state index in [0.29, 0.717) is 26.1 Å². The lowest BCUT2D eigenvalue weighted by Gasteiger charge is -2.23. The van der Waals surface area contributed by atoms with Gasteiger partial charge in [0.25, 0.3) is 0 Å². The van der Waals surface area contributed by atoms with Crippen LogP contribution in [0, 0.1) is 0 Å². The van der Waals surface area contributed by atoms with Gasteiger partial charge >= 0.3 is 11.9 Å². The molecule has 6 nitrogen and oxygen atoms in total. The lowest BCUT2D eigenvalue weighted by molar-refractivity contribution is -0.870. The summed E-state index contributed by atoms with van der Waals surface area (Å²) in [6, 6.07) is 0. The van der Waals surface area contributed by atoms with Crippen LogP contribution >= 0.6 is 0 Å². The highest BCUT2D eigenvalue weighted by Crippen LogP contribution is 2.09. The molecule has 0 unspecified atom stereocenters. The molecule has 6 heteroatoms. The smallest absolute Gasteiger partial charge is 0.305 e. The SMILES string of the molecule is CN(C)CCOC(=O)CCCCCCCCC(=O)OCC[N+](C)(C)C. The highest BCUT2D eigenvalue weighted by molar-refractivity contribution is 5.69. The van der Waals surface area contributed by atoms with Gasteiger partial charge in [0.1, 0.15) is 19.8 Å². The molecule has 0 saturated heterocycles. The number of esters is 2. The van der Waals surface area contributed by atoms with E-state index in [4.69, 9.17) is 9.47 Å². The zero-order chi connectivity index (χ0) is 19.1. The molecule has 0 saturated carbocycles. The standard InChI is InChI=1S/C19H39N2O4/c1-20(2)14-16-24-18(22)12-10-8-6-7-9-11-13-19(23)25-17-15-21(3,4)5/h6-17H2,1-5H3/q+1. The van der Waals surface area contributed by atoms with Crippen LogP contribution in [-0.4, -0.2) is 82.9 Å². The molecule has 0 aromatic rings. The largest absolute Gasteiger partial charge is 0.464 e. The molecule has 0 rings (SSSR count). The van der Waals surface area contributed by atoms with Crippen molar-refractivity contribution in [3.63, 3.8) is 0 Å². The summed E-state index contributed by atoms with van der Waals surface area (Å²) in [4.78, 5) is 25.1. The number of rotatable bonds is 15. The van der Waals surface area contributed by atoms with Gasteiger partial charge in [-0.15, -0.1) is 0 Å². The minimum Gasteiger partial charge on any atom is -0.464 e. The average molecular weight is 360 g/mol. The fraction of sp³-hybridized carbons (Fsp3) is 0.895. The number of hydrogen-bond acceptors (Lipinski definition) is 5. The number of nitrogens with zero attached hydrogens (tertiary/aromatic N) is 2. The van der Waals surface area contributed by atoms with E-state index < -0.39 is 0 Å². The van der Waals surface area contributed by atoms with Crippen molar-refractivity contribution in [2.45, 2.75) is 51.4 Å². The van der Waals surface area contributed by atoms with E-state index >= 15 is 0 Å². The number of unbranched alkanes of at least 4 members (excludes halogenated alkanes) is 5. The normalized spacial score (nSPS) is 11.6. The molecule has 0 amide bonds. The van der Waals surface area contributed by atoms with Gasteiger partial charge in [-0.3, -0.25) is 9.59 Å². The number of carbonyl (C=O) groups is 2. The van der Waals surface area contributed by atoms with E-state index in [-0.39, 0.29) is 11.9 Å². The second kappa shape index (κ2) is 14.1. The summed E-state index contributed by atoms with van der Waals surface area (Å²) in [6.45, 7) is 2.57. The van der Waals surface area contributed by atoms with E-state index in [1.165, 1.54) is 0 Å². The van der Waals surface area contributed by atoms with Crippen molar-refractivity contribution >= 4 is 11.9 Å². The Labute approximate surface area is 154 Å². The molecular formula is C19H39N2O4+. The van der Waals surface area contributed by atoms with Crippen LogP contribution in [0.4, 0.5) is 0 Å². The fourth-order valence-corrected chi connectivity index (χ4v) is 2.17. The summed E-state index contributed by atoms with van der Waals surface area (Å²) < 4.78 is 11.2.